The predicted molar refractivity (Wildman–Crippen MR) is 62.1 cm³/mol. The molecule has 0 heterocycles. The molecule has 0 aromatic rings. The number of unbranched alkanes of at least 4 members (excludes halogenated alkanes) is 5. The van der Waals surface area contributed by atoms with Crippen LogP contribution in [0.25, 0.3) is 0 Å². The Balaban J connectivity index is 1.25. The van der Waals surface area contributed by atoms with Crippen LogP contribution in [-0.4, -0.2) is 0 Å². The molecule has 0 bridgehead atoms. The van der Waals surface area contributed by atoms with Crippen molar-refractivity contribution in [1.29, 1.82) is 0 Å². The maximum absolute atomic E-state index is 2.54. The lowest BCUT2D eigenvalue weighted by Gasteiger charge is -2.00. The van der Waals surface area contributed by atoms with E-state index >= 15 is 0 Å². The van der Waals surface area contributed by atoms with Gasteiger partial charge in [0.1, 0.15) is 0 Å². The minimum atomic E-state index is 1.10. The van der Waals surface area contributed by atoms with Gasteiger partial charge in [0.05, 0.1) is 0 Å². The zero-order valence-corrected chi connectivity index (χ0v) is 9.51. The van der Waals surface area contributed by atoms with Crippen LogP contribution in [0.2, 0.25) is 0 Å². The minimum absolute atomic E-state index is 1.10. The largest absolute Gasteiger partial charge is 0.0533 e. The molecule has 2 aliphatic carbocycles. The minimum Gasteiger partial charge on any atom is -0.0533 e. The van der Waals surface area contributed by atoms with Gasteiger partial charge in [0, 0.05) is 0 Å². The van der Waals surface area contributed by atoms with Gasteiger partial charge in [0.2, 0.25) is 0 Å². The van der Waals surface area contributed by atoms with E-state index in [4.69, 9.17) is 0 Å². The quantitative estimate of drug-likeness (QED) is 0.464. The van der Waals surface area contributed by atoms with Crippen LogP contribution in [0, 0.1) is 18.3 Å². The van der Waals surface area contributed by atoms with E-state index in [1.54, 1.807) is 0 Å². The Hall–Kier alpha value is 0. The lowest BCUT2D eigenvalue weighted by Crippen LogP contribution is -1.83. The van der Waals surface area contributed by atoms with Gasteiger partial charge in [-0.05, 0) is 24.7 Å². The zero-order chi connectivity index (χ0) is 9.64. The summed E-state index contributed by atoms with van der Waals surface area (Å²) >= 11 is 0. The molecule has 0 atom stereocenters. The highest BCUT2D eigenvalue weighted by Crippen LogP contribution is 2.35. The van der Waals surface area contributed by atoms with Crippen molar-refractivity contribution in [2.45, 2.75) is 70.6 Å². The summed E-state index contributed by atoms with van der Waals surface area (Å²) in [6.45, 7) is 0. The van der Waals surface area contributed by atoms with E-state index in [2.05, 4.69) is 6.42 Å². The van der Waals surface area contributed by atoms with Gasteiger partial charge in [-0.15, -0.1) is 0 Å². The second-order valence-electron chi connectivity index (χ2n) is 5.40. The fraction of sp³-hybridized carbons (Fsp3) is 0.929. The second-order valence-corrected chi connectivity index (χ2v) is 5.40. The molecule has 2 rings (SSSR count). The van der Waals surface area contributed by atoms with Gasteiger partial charge >= 0.3 is 0 Å². The highest BCUT2D eigenvalue weighted by atomic mass is 14.3. The predicted octanol–water partition coefficient (Wildman–Crippen LogP) is 4.74. The van der Waals surface area contributed by atoms with Crippen molar-refractivity contribution in [2.75, 3.05) is 0 Å². The van der Waals surface area contributed by atoms with E-state index in [1.807, 2.05) is 0 Å². The summed E-state index contributed by atoms with van der Waals surface area (Å²) in [7, 11) is 0. The summed E-state index contributed by atoms with van der Waals surface area (Å²) < 4.78 is 0. The van der Waals surface area contributed by atoms with Crippen LogP contribution in [0.4, 0.5) is 0 Å². The van der Waals surface area contributed by atoms with E-state index in [9.17, 15) is 0 Å². The van der Waals surface area contributed by atoms with Gasteiger partial charge < -0.3 is 0 Å². The summed E-state index contributed by atoms with van der Waals surface area (Å²) in [5, 5.41) is 0. The summed E-state index contributed by atoms with van der Waals surface area (Å²) in [6.07, 6.45) is 18.9. The van der Waals surface area contributed by atoms with Gasteiger partial charge in [-0.1, -0.05) is 64.2 Å². The summed E-state index contributed by atoms with van der Waals surface area (Å²) in [4.78, 5) is 0. The van der Waals surface area contributed by atoms with Crippen molar-refractivity contribution in [3.05, 3.63) is 6.42 Å². The van der Waals surface area contributed by atoms with E-state index < -0.39 is 0 Å². The summed E-state index contributed by atoms with van der Waals surface area (Å²) in [6, 6.07) is 0. The maximum atomic E-state index is 2.54. The van der Waals surface area contributed by atoms with Crippen molar-refractivity contribution in [3.63, 3.8) is 0 Å². The average molecular weight is 193 g/mol. The first-order valence-corrected chi connectivity index (χ1v) is 6.77. The third-order valence-corrected chi connectivity index (χ3v) is 3.66. The first kappa shape index (κ1) is 10.5. The van der Waals surface area contributed by atoms with Crippen molar-refractivity contribution in [1.82, 2.24) is 0 Å². The maximum Gasteiger partial charge on any atom is -0.0383 e. The topological polar surface area (TPSA) is 0 Å². The number of rotatable bonds is 9. The Kier molecular flexibility index (Phi) is 4.34. The Morgan fingerprint density at radius 2 is 1.50 bits per heavy atom. The Morgan fingerprint density at radius 1 is 0.786 bits per heavy atom. The molecule has 1 radical (unpaired) electrons. The molecule has 0 amide bonds. The van der Waals surface area contributed by atoms with Crippen LogP contribution < -0.4 is 0 Å². The van der Waals surface area contributed by atoms with Crippen molar-refractivity contribution in [3.8, 4) is 0 Å². The lowest BCUT2D eigenvalue weighted by atomic mass is 10.1. The molecular formula is C14H25. The van der Waals surface area contributed by atoms with Crippen LogP contribution in [0.3, 0.4) is 0 Å². The summed E-state index contributed by atoms with van der Waals surface area (Å²) in [5.74, 6) is 2.25. The first-order chi connectivity index (χ1) is 6.95. The molecule has 0 unspecified atom stereocenters. The molecule has 2 aliphatic rings. The molecule has 0 heteroatoms. The van der Waals surface area contributed by atoms with Gasteiger partial charge in [0.25, 0.3) is 0 Å². The van der Waals surface area contributed by atoms with Crippen LogP contribution in [0.5, 0.6) is 0 Å². The van der Waals surface area contributed by atoms with Crippen LogP contribution in [0.1, 0.15) is 70.6 Å². The molecular weight excluding hydrogens is 168 g/mol. The van der Waals surface area contributed by atoms with Crippen molar-refractivity contribution >= 4 is 0 Å². The standard InChI is InChI=1S/C14H25/c1(3-5-7-13-9-10-13)2-4-6-8-14-11-12-14/h5,13-14H,1-4,6-12H2. The molecule has 2 fully saturated rings. The van der Waals surface area contributed by atoms with Gasteiger partial charge in [-0.3, -0.25) is 0 Å². The molecule has 14 heavy (non-hydrogen) atoms. The second kappa shape index (κ2) is 5.78. The Morgan fingerprint density at radius 3 is 2.21 bits per heavy atom. The number of hydrogen-bond acceptors (Lipinski definition) is 0. The van der Waals surface area contributed by atoms with Crippen LogP contribution >= 0.6 is 0 Å². The zero-order valence-electron chi connectivity index (χ0n) is 9.51. The average Bonchev–Trinajstić information content (AvgIpc) is 3.00. The highest BCUT2D eigenvalue weighted by Gasteiger charge is 2.20. The molecule has 0 aromatic heterocycles. The molecule has 0 N–H and O–H groups in total. The SMILES string of the molecule is [CH](CCCCCCC1CC1)CC1CC1. The third-order valence-electron chi connectivity index (χ3n) is 3.66. The molecule has 0 aromatic carbocycles. The Labute approximate surface area is 89.5 Å². The normalized spacial score (nSPS) is 21.4. The van der Waals surface area contributed by atoms with Gasteiger partial charge in [-0.25, -0.2) is 0 Å². The monoisotopic (exact) mass is 193 g/mol. The molecule has 0 aliphatic heterocycles. The molecule has 0 spiro atoms. The first-order valence-electron chi connectivity index (χ1n) is 6.77. The Bertz CT molecular complexity index is 124. The summed E-state index contributed by atoms with van der Waals surface area (Å²) in [5.41, 5.74) is 0. The van der Waals surface area contributed by atoms with Crippen molar-refractivity contribution < 1.29 is 0 Å². The fourth-order valence-electron chi connectivity index (χ4n) is 2.19. The molecule has 0 saturated heterocycles. The smallest absolute Gasteiger partial charge is 0.0383 e. The van der Waals surface area contributed by atoms with E-state index in [0.29, 0.717) is 0 Å². The highest BCUT2D eigenvalue weighted by molar-refractivity contribution is 4.80. The van der Waals surface area contributed by atoms with E-state index in [0.717, 1.165) is 11.8 Å². The van der Waals surface area contributed by atoms with Crippen LogP contribution in [-0.2, 0) is 0 Å². The van der Waals surface area contributed by atoms with Crippen molar-refractivity contribution in [2.24, 2.45) is 11.8 Å². The number of hydrogen-bond donors (Lipinski definition) is 0. The van der Waals surface area contributed by atoms with E-state index in [-0.39, 0.29) is 0 Å². The third kappa shape index (κ3) is 5.02. The van der Waals surface area contributed by atoms with Crippen LogP contribution in [0.15, 0.2) is 0 Å². The van der Waals surface area contributed by atoms with Gasteiger partial charge in [0.15, 0.2) is 0 Å². The molecule has 2 saturated carbocycles. The van der Waals surface area contributed by atoms with E-state index in [1.165, 1.54) is 70.6 Å². The lowest BCUT2D eigenvalue weighted by molar-refractivity contribution is 0.577. The molecule has 81 valence electrons. The molecule has 0 nitrogen and oxygen atoms in total. The van der Waals surface area contributed by atoms with Gasteiger partial charge in [-0.2, -0.15) is 0 Å². The fourth-order valence-corrected chi connectivity index (χ4v) is 2.19.